The fraction of sp³-hybridized carbons (Fsp3) is 0.167. The van der Waals surface area contributed by atoms with Gasteiger partial charge in [0, 0.05) is 11.4 Å². The molecule has 28 heavy (non-hydrogen) atoms. The third kappa shape index (κ3) is 5.81. The van der Waals surface area contributed by atoms with Crippen LogP contribution in [0.3, 0.4) is 0 Å². The van der Waals surface area contributed by atoms with Crippen LogP contribution in [0.5, 0.6) is 0 Å². The van der Waals surface area contributed by atoms with Crippen LogP contribution >= 0.6 is 0 Å². The lowest BCUT2D eigenvalue weighted by atomic mass is 10.1. The third-order valence-corrected chi connectivity index (χ3v) is 3.66. The second kappa shape index (κ2) is 8.53. The molecule has 0 radical (unpaired) electrons. The minimum atomic E-state index is -4.98. The lowest BCUT2D eigenvalue weighted by molar-refractivity contribution is -0.167. The second-order valence-electron chi connectivity index (χ2n) is 5.83. The molecule has 7 nitrogen and oxygen atoms in total. The number of benzene rings is 2. The van der Waals surface area contributed by atoms with E-state index in [4.69, 9.17) is 10.8 Å². The van der Waals surface area contributed by atoms with Crippen molar-refractivity contribution in [2.24, 2.45) is 5.73 Å². The zero-order chi connectivity index (χ0) is 20.9. The van der Waals surface area contributed by atoms with E-state index in [0.717, 1.165) is 0 Å². The Kier molecular flexibility index (Phi) is 6.37. The van der Waals surface area contributed by atoms with Gasteiger partial charge in [0.05, 0.1) is 11.6 Å². The number of hydrogen-bond acceptors (Lipinski definition) is 4. The summed E-state index contributed by atoms with van der Waals surface area (Å²) >= 11 is 0. The average molecular weight is 395 g/mol. The molecule has 2 amide bonds. The van der Waals surface area contributed by atoms with Crippen LogP contribution in [-0.4, -0.2) is 35.1 Å². The van der Waals surface area contributed by atoms with Gasteiger partial charge in [-0.25, -0.2) is 4.79 Å². The summed E-state index contributed by atoms with van der Waals surface area (Å²) in [7, 11) is 0. The first kappa shape index (κ1) is 20.9. The maximum atomic E-state index is 12.2. The van der Waals surface area contributed by atoms with Crippen LogP contribution in [-0.2, 0) is 16.0 Å². The molecule has 148 valence electrons. The van der Waals surface area contributed by atoms with E-state index in [1.165, 1.54) is 48.5 Å². The van der Waals surface area contributed by atoms with Gasteiger partial charge in [0.2, 0.25) is 5.91 Å². The van der Waals surface area contributed by atoms with Gasteiger partial charge in [0.1, 0.15) is 0 Å². The van der Waals surface area contributed by atoms with Crippen LogP contribution in [0.25, 0.3) is 0 Å². The lowest BCUT2D eigenvalue weighted by Gasteiger charge is -2.13. The first-order valence-corrected chi connectivity index (χ1v) is 7.93. The van der Waals surface area contributed by atoms with Gasteiger partial charge in [-0.15, -0.1) is 0 Å². The van der Waals surface area contributed by atoms with E-state index < -0.39 is 30.0 Å². The highest BCUT2D eigenvalue weighted by Gasteiger charge is 2.38. The molecule has 2 aromatic rings. The minimum absolute atomic E-state index is 0.0392. The van der Waals surface area contributed by atoms with Crippen LogP contribution in [0.15, 0.2) is 48.5 Å². The fourth-order valence-corrected chi connectivity index (χ4v) is 2.20. The molecule has 0 spiro atoms. The molecule has 0 aliphatic rings. The van der Waals surface area contributed by atoms with Crippen molar-refractivity contribution in [1.29, 1.82) is 0 Å². The fourth-order valence-electron chi connectivity index (χ4n) is 2.20. The zero-order valence-electron chi connectivity index (χ0n) is 14.3. The van der Waals surface area contributed by atoms with Crippen molar-refractivity contribution in [2.45, 2.75) is 18.6 Å². The zero-order valence-corrected chi connectivity index (χ0v) is 14.3. The van der Waals surface area contributed by atoms with Crippen molar-refractivity contribution < 1.29 is 32.7 Å². The van der Waals surface area contributed by atoms with Gasteiger partial charge in [-0.3, -0.25) is 9.59 Å². The van der Waals surface area contributed by atoms with E-state index in [1.807, 2.05) is 0 Å². The number of hydrogen-bond donors (Lipinski definition) is 4. The molecule has 0 bridgehead atoms. The summed E-state index contributed by atoms with van der Waals surface area (Å²) in [4.78, 5) is 33.8. The van der Waals surface area contributed by atoms with E-state index in [2.05, 4.69) is 5.32 Å². The first-order chi connectivity index (χ1) is 13.1. The Morgan fingerprint density at radius 3 is 1.93 bits per heavy atom. The molecular weight excluding hydrogens is 379 g/mol. The van der Waals surface area contributed by atoms with Crippen LogP contribution in [0.4, 0.5) is 24.5 Å². The number of alkyl halides is 3. The van der Waals surface area contributed by atoms with Crippen LogP contribution in [0, 0.1) is 0 Å². The Balaban J connectivity index is 1.92. The SMILES string of the molecule is N[C@@H](Cc1ccc(NC(=O)C(F)(F)F)cc1)C(=O)Nc1ccc(C(=O)O)cc1. The molecule has 0 aromatic heterocycles. The molecule has 0 fully saturated rings. The molecule has 0 saturated heterocycles. The predicted molar refractivity (Wildman–Crippen MR) is 94.8 cm³/mol. The third-order valence-electron chi connectivity index (χ3n) is 3.66. The van der Waals surface area contributed by atoms with Gasteiger partial charge in [0.15, 0.2) is 0 Å². The lowest BCUT2D eigenvalue weighted by Crippen LogP contribution is -2.37. The number of nitrogens with one attached hydrogen (secondary N) is 2. The Morgan fingerprint density at radius 1 is 0.929 bits per heavy atom. The maximum absolute atomic E-state index is 12.2. The van der Waals surface area contributed by atoms with Gasteiger partial charge in [-0.1, -0.05) is 12.1 Å². The molecule has 10 heteroatoms. The topological polar surface area (TPSA) is 122 Å². The first-order valence-electron chi connectivity index (χ1n) is 7.93. The van der Waals surface area contributed by atoms with E-state index >= 15 is 0 Å². The van der Waals surface area contributed by atoms with Crippen LogP contribution in [0.1, 0.15) is 15.9 Å². The maximum Gasteiger partial charge on any atom is 0.471 e. The smallest absolute Gasteiger partial charge is 0.471 e. The summed E-state index contributed by atoms with van der Waals surface area (Å²) in [5.41, 5.74) is 6.81. The molecule has 0 heterocycles. The van der Waals surface area contributed by atoms with E-state index in [9.17, 15) is 27.6 Å². The highest BCUT2D eigenvalue weighted by molar-refractivity contribution is 5.96. The number of halogens is 3. The van der Waals surface area contributed by atoms with E-state index in [-0.39, 0.29) is 17.7 Å². The van der Waals surface area contributed by atoms with E-state index in [1.54, 1.807) is 5.32 Å². The standard InChI is InChI=1S/C18H16F3N3O4/c19-18(20,21)17(28)24-13-5-1-10(2-6-13)9-14(22)15(25)23-12-7-3-11(4-8-12)16(26)27/h1-8,14H,9,22H2,(H,23,25)(H,24,28)(H,26,27)/t14-/m0/s1. The number of carboxylic acids is 1. The van der Waals surface area contributed by atoms with Crippen molar-refractivity contribution in [2.75, 3.05) is 10.6 Å². The Bertz CT molecular complexity index is 865. The monoisotopic (exact) mass is 395 g/mol. The Morgan fingerprint density at radius 2 is 1.43 bits per heavy atom. The summed E-state index contributed by atoms with van der Waals surface area (Å²) in [6.45, 7) is 0. The summed E-state index contributed by atoms with van der Waals surface area (Å²) in [6, 6.07) is 9.99. The van der Waals surface area contributed by atoms with Gasteiger partial charge in [-0.05, 0) is 48.4 Å². The summed E-state index contributed by atoms with van der Waals surface area (Å²) in [5.74, 6) is -3.69. The molecule has 5 N–H and O–H groups in total. The molecule has 0 saturated carbocycles. The number of rotatable bonds is 6. The quantitative estimate of drug-likeness (QED) is 0.598. The highest BCUT2D eigenvalue weighted by atomic mass is 19.4. The van der Waals surface area contributed by atoms with Gasteiger partial charge < -0.3 is 21.5 Å². The second-order valence-corrected chi connectivity index (χ2v) is 5.83. The number of anilines is 2. The Hall–Kier alpha value is -3.40. The molecule has 0 unspecified atom stereocenters. The van der Waals surface area contributed by atoms with Crippen molar-refractivity contribution in [3.8, 4) is 0 Å². The van der Waals surface area contributed by atoms with E-state index in [0.29, 0.717) is 11.3 Å². The highest BCUT2D eigenvalue weighted by Crippen LogP contribution is 2.19. The number of carboxylic acid groups (broad SMARTS) is 1. The van der Waals surface area contributed by atoms with Gasteiger partial charge >= 0.3 is 18.1 Å². The van der Waals surface area contributed by atoms with Gasteiger partial charge in [-0.2, -0.15) is 13.2 Å². The normalized spacial score (nSPS) is 12.1. The molecule has 2 aromatic carbocycles. The number of amides is 2. The van der Waals surface area contributed by atoms with Crippen molar-refractivity contribution in [3.63, 3.8) is 0 Å². The molecule has 0 aliphatic carbocycles. The summed E-state index contributed by atoms with van der Waals surface area (Å²) < 4.78 is 36.6. The summed E-state index contributed by atoms with van der Waals surface area (Å²) in [5, 5.41) is 13.1. The molecule has 2 rings (SSSR count). The predicted octanol–water partition coefficient (Wildman–Crippen LogP) is 2.39. The summed E-state index contributed by atoms with van der Waals surface area (Å²) in [6.07, 6.45) is -4.88. The molecular formula is C18H16F3N3O4. The number of nitrogens with two attached hydrogens (primary N) is 1. The number of carbonyl (C=O) groups excluding carboxylic acids is 2. The Labute approximate surface area is 157 Å². The average Bonchev–Trinajstić information content (AvgIpc) is 2.62. The number of carbonyl (C=O) groups is 3. The van der Waals surface area contributed by atoms with Crippen molar-refractivity contribution in [3.05, 3.63) is 59.7 Å². The largest absolute Gasteiger partial charge is 0.478 e. The minimum Gasteiger partial charge on any atom is -0.478 e. The van der Waals surface area contributed by atoms with Crippen LogP contribution < -0.4 is 16.4 Å². The molecule has 0 aliphatic heterocycles. The van der Waals surface area contributed by atoms with Gasteiger partial charge in [0.25, 0.3) is 0 Å². The van der Waals surface area contributed by atoms with Crippen LogP contribution in [0.2, 0.25) is 0 Å². The van der Waals surface area contributed by atoms with Crippen molar-refractivity contribution in [1.82, 2.24) is 0 Å². The van der Waals surface area contributed by atoms with Crippen molar-refractivity contribution >= 4 is 29.2 Å². The number of aromatic carboxylic acids is 1. The molecule has 1 atom stereocenters.